The van der Waals surface area contributed by atoms with Crippen molar-refractivity contribution < 1.29 is 14.6 Å². The molecule has 116 valence electrons. The van der Waals surface area contributed by atoms with Crippen LogP contribution >= 0.6 is 0 Å². The van der Waals surface area contributed by atoms with Crippen molar-refractivity contribution in [3.05, 3.63) is 35.4 Å². The average Bonchev–Trinajstić information content (AvgIpc) is 2.86. The summed E-state index contributed by atoms with van der Waals surface area (Å²) in [6.07, 6.45) is 5.65. The van der Waals surface area contributed by atoms with E-state index < -0.39 is 6.10 Å². The zero-order valence-corrected chi connectivity index (χ0v) is 13.0. The Morgan fingerprint density at radius 3 is 3.05 bits per heavy atom. The first-order chi connectivity index (χ1) is 10.7. The Morgan fingerprint density at radius 1 is 1.36 bits per heavy atom. The van der Waals surface area contributed by atoms with Gasteiger partial charge in [0.2, 0.25) is 0 Å². The summed E-state index contributed by atoms with van der Waals surface area (Å²) in [4.78, 5) is 2.42. The molecule has 1 saturated heterocycles. The quantitative estimate of drug-likeness (QED) is 0.798. The molecular weight excluding hydrogens is 278 g/mol. The molecule has 0 aromatic heterocycles. The van der Waals surface area contributed by atoms with Gasteiger partial charge in [-0.25, -0.2) is 0 Å². The number of benzene rings is 1. The lowest BCUT2D eigenvalue weighted by Crippen LogP contribution is -2.65. The van der Waals surface area contributed by atoms with Gasteiger partial charge in [0.1, 0.15) is 6.10 Å². The predicted octanol–water partition coefficient (Wildman–Crippen LogP) is 1.50. The summed E-state index contributed by atoms with van der Waals surface area (Å²) in [6, 6.07) is 4.60. The van der Waals surface area contributed by atoms with Gasteiger partial charge in [-0.15, -0.1) is 0 Å². The lowest BCUT2D eigenvalue weighted by atomic mass is 9.52. The van der Waals surface area contributed by atoms with Crippen LogP contribution in [0.15, 0.2) is 24.3 Å². The zero-order valence-electron chi connectivity index (χ0n) is 13.0. The lowest BCUT2D eigenvalue weighted by Gasteiger charge is -2.57. The smallest absolute Gasteiger partial charge is 0.166 e. The minimum Gasteiger partial charge on any atom is -0.493 e. The molecule has 2 bridgehead atoms. The van der Waals surface area contributed by atoms with E-state index in [4.69, 9.17) is 9.47 Å². The molecule has 0 radical (unpaired) electrons. The largest absolute Gasteiger partial charge is 0.493 e. The number of nitrogens with zero attached hydrogens (tertiary/aromatic N) is 1. The van der Waals surface area contributed by atoms with Crippen molar-refractivity contribution in [2.24, 2.45) is 5.92 Å². The minimum absolute atomic E-state index is 0.0300. The van der Waals surface area contributed by atoms with Gasteiger partial charge in [-0.1, -0.05) is 12.1 Å². The number of aliphatic hydroxyl groups excluding tert-OH is 1. The van der Waals surface area contributed by atoms with Crippen LogP contribution in [0.5, 0.6) is 11.5 Å². The van der Waals surface area contributed by atoms with E-state index in [0.29, 0.717) is 6.04 Å². The molecule has 1 aromatic carbocycles. The molecule has 2 heterocycles. The summed E-state index contributed by atoms with van der Waals surface area (Å²) >= 11 is 0. The van der Waals surface area contributed by atoms with Crippen molar-refractivity contribution in [3.8, 4) is 11.5 Å². The zero-order chi connectivity index (χ0) is 15.1. The van der Waals surface area contributed by atoms with Crippen molar-refractivity contribution in [3.63, 3.8) is 0 Å². The van der Waals surface area contributed by atoms with Crippen molar-refractivity contribution >= 4 is 0 Å². The third-order valence-corrected chi connectivity index (χ3v) is 6.38. The number of likely N-dealkylation sites (tertiary alicyclic amines) is 1. The van der Waals surface area contributed by atoms with Gasteiger partial charge in [0.05, 0.1) is 13.2 Å². The molecule has 5 atom stereocenters. The number of hydrogen-bond acceptors (Lipinski definition) is 4. The first-order valence-electron chi connectivity index (χ1n) is 8.10. The van der Waals surface area contributed by atoms with Crippen LogP contribution in [0.3, 0.4) is 0 Å². The Morgan fingerprint density at radius 2 is 2.23 bits per heavy atom. The van der Waals surface area contributed by atoms with Crippen LogP contribution in [0.1, 0.15) is 17.5 Å². The number of hydrogen-bond donors (Lipinski definition) is 1. The third kappa shape index (κ3) is 1.28. The molecule has 4 heteroatoms. The number of likely N-dealkylation sites (N-methyl/N-ethyl adjacent to an activating group) is 1. The van der Waals surface area contributed by atoms with Crippen LogP contribution in [0.4, 0.5) is 0 Å². The van der Waals surface area contributed by atoms with E-state index in [1.807, 2.05) is 12.1 Å². The van der Waals surface area contributed by atoms with Gasteiger partial charge in [0, 0.05) is 22.9 Å². The van der Waals surface area contributed by atoms with E-state index in [0.717, 1.165) is 30.9 Å². The van der Waals surface area contributed by atoms with E-state index in [1.54, 1.807) is 7.11 Å². The van der Waals surface area contributed by atoms with Gasteiger partial charge < -0.3 is 19.5 Å². The maximum absolute atomic E-state index is 10.7. The van der Waals surface area contributed by atoms with Crippen LogP contribution in [0, 0.1) is 5.92 Å². The van der Waals surface area contributed by atoms with E-state index in [1.165, 1.54) is 11.1 Å². The first kappa shape index (κ1) is 13.0. The standard InChI is InChI=1S/C18H21NO3/c1-19-8-7-18-14-6-4-12(20)16(18)11(19)9-10-3-5-13(21-2)17(22-14)15(10)18/h3-6,11-12,14,16,20H,7-9H2,1-2H3/t11?,12?,14-,16?,18?/m0/s1. The SMILES string of the molecule is COc1ccc2c3c1O[C@H]1C=CC(O)C4C(C2)N(C)CCC341. The fourth-order valence-electron chi connectivity index (χ4n) is 5.46. The fourth-order valence-corrected chi connectivity index (χ4v) is 5.46. The molecule has 1 aromatic rings. The number of rotatable bonds is 1. The number of piperidine rings is 1. The van der Waals surface area contributed by atoms with Crippen LogP contribution in [-0.2, 0) is 11.8 Å². The van der Waals surface area contributed by atoms with Crippen molar-refractivity contribution in [2.75, 3.05) is 20.7 Å². The summed E-state index contributed by atoms with van der Waals surface area (Å²) < 4.78 is 11.9. The Kier molecular flexibility index (Phi) is 2.39. The molecular formula is C18H21NO3. The van der Waals surface area contributed by atoms with Gasteiger partial charge in [-0.3, -0.25) is 0 Å². The van der Waals surface area contributed by atoms with Gasteiger partial charge in [0.15, 0.2) is 11.5 Å². The van der Waals surface area contributed by atoms with Gasteiger partial charge >= 0.3 is 0 Å². The fraction of sp³-hybridized carbons (Fsp3) is 0.556. The van der Waals surface area contributed by atoms with Crippen LogP contribution in [0.2, 0.25) is 0 Å². The Bertz CT molecular complexity index is 685. The second-order valence-corrected chi connectivity index (χ2v) is 7.11. The maximum Gasteiger partial charge on any atom is 0.166 e. The molecule has 22 heavy (non-hydrogen) atoms. The predicted molar refractivity (Wildman–Crippen MR) is 82.5 cm³/mol. The average molecular weight is 299 g/mol. The maximum atomic E-state index is 10.7. The van der Waals surface area contributed by atoms with E-state index >= 15 is 0 Å². The second kappa shape index (κ2) is 4.06. The van der Waals surface area contributed by atoms with Gasteiger partial charge in [-0.05, 0) is 44.1 Å². The summed E-state index contributed by atoms with van der Waals surface area (Å²) in [6.45, 7) is 1.05. The molecule has 2 aliphatic carbocycles. The molecule has 0 saturated carbocycles. The van der Waals surface area contributed by atoms with Crippen molar-refractivity contribution in [2.45, 2.75) is 36.5 Å². The summed E-state index contributed by atoms with van der Waals surface area (Å²) in [5.41, 5.74) is 2.60. The Hall–Kier alpha value is -1.52. The Balaban J connectivity index is 1.83. The highest BCUT2D eigenvalue weighted by molar-refractivity contribution is 5.62. The normalized spacial score (nSPS) is 41.0. The molecule has 5 rings (SSSR count). The van der Waals surface area contributed by atoms with Crippen molar-refractivity contribution in [1.29, 1.82) is 0 Å². The molecule has 2 aliphatic heterocycles. The highest BCUT2D eigenvalue weighted by atomic mass is 16.5. The highest BCUT2D eigenvalue weighted by Crippen LogP contribution is 2.62. The lowest BCUT2D eigenvalue weighted by molar-refractivity contribution is -0.0575. The molecule has 4 nitrogen and oxygen atoms in total. The summed E-state index contributed by atoms with van der Waals surface area (Å²) in [5, 5.41) is 10.7. The molecule has 1 fully saturated rings. The van der Waals surface area contributed by atoms with Crippen LogP contribution in [0.25, 0.3) is 0 Å². The van der Waals surface area contributed by atoms with E-state index in [9.17, 15) is 5.11 Å². The van der Waals surface area contributed by atoms with Crippen LogP contribution < -0.4 is 9.47 Å². The van der Waals surface area contributed by atoms with Gasteiger partial charge in [0.25, 0.3) is 0 Å². The number of ether oxygens (including phenoxy) is 2. The first-order valence-corrected chi connectivity index (χ1v) is 8.10. The molecule has 0 amide bonds. The number of methoxy groups -OCH3 is 1. The molecule has 1 spiro atoms. The number of aliphatic hydroxyl groups is 1. The van der Waals surface area contributed by atoms with Crippen LogP contribution in [-0.4, -0.2) is 49.0 Å². The topological polar surface area (TPSA) is 41.9 Å². The summed E-state index contributed by atoms with van der Waals surface area (Å²) in [5.74, 6) is 1.94. The molecule has 1 N–H and O–H groups in total. The van der Waals surface area contributed by atoms with E-state index in [-0.39, 0.29) is 17.4 Å². The second-order valence-electron chi connectivity index (χ2n) is 7.11. The monoisotopic (exact) mass is 299 g/mol. The molecule has 4 unspecified atom stereocenters. The van der Waals surface area contributed by atoms with E-state index in [2.05, 4.69) is 24.1 Å². The highest BCUT2D eigenvalue weighted by Gasteiger charge is 2.64. The third-order valence-electron chi connectivity index (χ3n) is 6.38. The minimum atomic E-state index is -0.391. The van der Waals surface area contributed by atoms with Gasteiger partial charge in [-0.2, -0.15) is 0 Å². The van der Waals surface area contributed by atoms with Crippen molar-refractivity contribution in [1.82, 2.24) is 4.90 Å². The Labute approximate surface area is 130 Å². The summed E-state index contributed by atoms with van der Waals surface area (Å²) in [7, 11) is 3.88. The molecule has 4 aliphatic rings.